The van der Waals surface area contributed by atoms with Crippen molar-refractivity contribution < 1.29 is 23.1 Å². The summed E-state index contributed by atoms with van der Waals surface area (Å²) in [7, 11) is 0. The number of rotatable bonds is 5. The average Bonchev–Trinajstić information content (AvgIpc) is 3.08. The molecule has 3 rings (SSSR count). The van der Waals surface area contributed by atoms with E-state index >= 15 is 0 Å². The fourth-order valence-electron chi connectivity index (χ4n) is 3.12. The van der Waals surface area contributed by atoms with Crippen LogP contribution in [-0.4, -0.2) is 40.7 Å². The number of benzene rings is 1. The Morgan fingerprint density at radius 1 is 1.33 bits per heavy atom. The first-order chi connectivity index (χ1) is 12.7. The average molecular weight is 380 g/mol. The molecular weight excluding hydrogens is 361 g/mol. The normalized spacial score (nSPS) is 17.2. The van der Waals surface area contributed by atoms with Gasteiger partial charge in [0.2, 0.25) is 5.95 Å². The Bertz CT molecular complexity index is 842. The largest absolute Gasteiger partial charge is 0.477 e. The van der Waals surface area contributed by atoms with E-state index in [1.54, 1.807) is 13.0 Å². The van der Waals surface area contributed by atoms with Crippen molar-refractivity contribution in [3.05, 3.63) is 47.3 Å². The summed E-state index contributed by atoms with van der Waals surface area (Å²) in [6, 6.07) is 6.79. The van der Waals surface area contributed by atoms with Crippen molar-refractivity contribution in [3.8, 4) is 0 Å². The van der Waals surface area contributed by atoms with Gasteiger partial charge in [-0.3, -0.25) is 0 Å². The fraction of sp³-hybridized carbons (Fsp3) is 0.389. The molecule has 1 aliphatic rings. The van der Waals surface area contributed by atoms with Crippen LogP contribution in [0.5, 0.6) is 0 Å². The summed E-state index contributed by atoms with van der Waals surface area (Å²) in [4.78, 5) is 21.3. The minimum absolute atomic E-state index is 0.0587. The van der Waals surface area contributed by atoms with E-state index in [-0.39, 0.29) is 17.3 Å². The first-order valence-corrected chi connectivity index (χ1v) is 8.48. The number of hydrogen-bond acceptors (Lipinski definition) is 5. The van der Waals surface area contributed by atoms with Gasteiger partial charge in [-0.05, 0) is 37.5 Å². The zero-order chi connectivity index (χ0) is 19.6. The second-order valence-corrected chi connectivity index (χ2v) is 6.52. The molecule has 2 aromatic rings. The second kappa shape index (κ2) is 7.42. The number of aromatic carboxylic acids is 1. The van der Waals surface area contributed by atoms with E-state index in [0.717, 1.165) is 12.5 Å². The summed E-state index contributed by atoms with van der Waals surface area (Å²) in [5.41, 5.74) is -0.146. The van der Waals surface area contributed by atoms with Crippen LogP contribution in [0.4, 0.5) is 24.8 Å². The van der Waals surface area contributed by atoms with E-state index in [4.69, 9.17) is 5.11 Å². The van der Waals surface area contributed by atoms with E-state index < -0.39 is 17.7 Å². The van der Waals surface area contributed by atoms with Crippen LogP contribution < -0.4 is 10.2 Å². The smallest absolute Gasteiger partial charge is 0.418 e. The highest BCUT2D eigenvalue weighted by molar-refractivity contribution is 5.85. The third-order valence-electron chi connectivity index (χ3n) is 4.44. The first kappa shape index (κ1) is 18.9. The molecule has 1 atom stereocenters. The Morgan fingerprint density at radius 3 is 2.78 bits per heavy atom. The van der Waals surface area contributed by atoms with E-state index in [9.17, 15) is 18.0 Å². The van der Waals surface area contributed by atoms with Crippen molar-refractivity contribution in [1.29, 1.82) is 0 Å². The van der Waals surface area contributed by atoms with Crippen LogP contribution in [0, 0.1) is 12.8 Å². The maximum absolute atomic E-state index is 13.1. The molecule has 1 saturated heterocycles. The number of aryl methyl sites for hydroxylation is 1. The van der Waals surface area contributed by atoms with Gasteiger partial charge in [0.1, 0.15) is 0 Å². The van der Waals surface area contributed by atoms with Crippen molar-refractivity contribution in [2.24, 2.45) is 5.92 Å². The molecule has 1 aromatic carbocycles. The van der Waals surface area contributed by atoms with Gasteiger partial charge in [0.25, 0.3) is 0 Å². The highest BCUT2D eigenvalue weighted by Gasteiger charge is 2.33. The Balaban J connectivity index is 1.66. The summed E-state index contributed by atoms with van der Waals surface area (Å²) in [5, 5.41) is 12.0. The van der Waals surface area contributed by atoms with Crippen molar-refractivity contribution in [2.75, 3.05) is 29.9 Å². The highest BCUT2D eigenvalue weighted by atomic mass is 19.4. The summed E-state index contributed by atoms with van der Waals surface area (Å²) in [6.45, 7) is 3.24. The van der Waals surface area contributed by atoms with E-state index in [0.29, 0.717) is 31.3 Å². The highest BCUT2D eigenvalue weighted by Crippen LogP contribution is 2.34. The van der Waals surface area contributed by atoms with Crippen LogP contribution in [0.1, 0.15) is 28.2 Å². The predicted molar refractivity (Wildman–Crippen MR) is 94.0 cm³/mol. The van der Waals surface area contributed by atoms with E-state index in [1.807, 2.05) is 4.90 Å². The Labute approximate surface area is 154 Å². The lowest BCUT2D eigenvalue weighted by Crippen LogP contribution is -2.25. The fourth-order valence-corrected chi connectivity index (χ4v) is 3.12. The van der Waals surface area contributed by atoms with E-state index in [2.05, 4.69) is 15.3 Å². The van der Waals surface area contributed by atoms with Crippen LogP contribution in [-0.2, 0) is 6.18 Å². The number of carboxylic acid groups (broad SMARTS) is 1. The quantitative estimate of drug-likeness (QED) is 0.827. The molecule has 0 amide bonds. The van der Waals surface area contributed by atoms with Gasteiger partial charge in [0.05, 0.1) is 5.56 Å². The molecule has 27 heavy (non-hydrogen) atoms. The van der Waals surface area contributed by atoms with Crippen LogP contribution in [0.3, 0.4) is 0 Å². The molecule has 144 valence electrons. The minimum atomic E-state index is -4.41. The van der Waals surface area contributed by atoms with Crippen LogP contribution in [0.15, 0.2) is 30.3 Å². The minimum Gasteiger partial charge on any atom is -0.477 e. The first-order valence-electron chi connectivity index (χ1n) is 8.48. The molecule has 9 heteroatoms. The van der Waals surface area contributed by atoms with Gasteiger partial charge in [-0.25, -0.2) is 14.8 Å². The summed E-state index contributed by atoms with van der Waals surface area (Å²) in [6.07, 6.45) is -3.66. The molecule has 1 aromatic heterocycles. The van der Waals surface area contributed by atoms with Crippen molar-refractivity contribution >= 4 is 17.6 Å². The maximum atomic E-state index is 13.1. The Kier molecular flexibility index (Phi) is 5.20. The molecule has 1 fully saturated rings. The zero-order valence-corrected chi connectivity index (χ0v) is 14.6. The molecule has 0 spiro atoms. The number of aromatic nitrogens is 2. The lowest BCUT2D eigenvalue weighted by Gasteiger charge is -2.19. The number of nitrogens with zero attached hydrogens (tertiary/aromatic N) is 3. The number of carboxylic acids is 1. The third kappa shape index (κ3) is 4.47. The standard InChI is InChI=1S/C18H19F3N4O2/c1-11-8-15(16(26)27)24-17(23-11)25-7-6-12(10-25)9-22-14-5-3-2-4-13(14)18(19,20)21/h2-5,8,12,22H,6-7,9-10H2,1H3,(H,26,27)/t12-/m1/s1. The zero-order valence-electron chi connectivity index (χ0n) is 14.6. The monoisotopic (exact) mass is 380 g/mol. The van der Waals surface area contributed by atoms with Gasteiger partial charge in [0, 0.05) is 31.0 Å². The number of halogens is 3. The van der Waals surface area contributed by atoms with Crippen LogP contribution in [0.25, 0.3) is 0 Å². The third-order valence-corrected chi connectivity index (χ3v) is 4.44. The number of hydrogen-bond donors (Lipinski definition) is 2. The SMILES string of the molecule is Cc1cc(C(=O)O)nc(N2CC[C@H](CNc3ccccc3C(F)(F)F)C2)n1. The Morgan fingerprint density at radius 2 is 2.07 bits per heavy atom. The van der Waals surface area contributed by atoms with Crippen molar-refractivity contribution in [3.63, 3.8) is 0 Å². The molecular formula is C18H19F3N4O2. The number of carbonyl (C=O) groups is 1. The molecule has 0 bridgehead atoms. The molecule has 0 unspecified atom stereocenters. The maximum Gasteiger partial charge on any atom is 0.418 e. The van der Waals surface area contributed by atoms with Gasteiger partial charge in [-0.15, -0.1) is 0 Å². The van der Waals surface area contributed by atoms with Gasteiger partial charge in [0.15, 0.2) is 5.69 Å². The van der Waals surface area contributed by atoms with Crippen molar-refractivity contribution in [1.82, 2.24) is 9.97 Å². The lowest BCUT2D eigenvalue weighted by molar-refractivity contribution is -0.137. The molecule has 2 heterocycles. The van der Waals surface area contributed by atoms with Crippen LogP contribution in [0.2, 0.25) is 0 Å². The van der Waals surface area contributed by atoms with Crippen molar-refractivity contribution in [2.45, 2.75) is 19.5 Å². The number of anilines is 2. The number of para-hydroxylation sites is 1. The molecule has 0 radical (unpaired) electrons. The number of nitrogens with one attached hydrogen (secondary N) is 1. The van der Waals surface area contributed by atoms with Crippen LogP contribution >= 0.6 is 0 Å². The van der Waals surface area contributed by atoms with Gasteiger partial charge >= 0.3 is 12.1 Å². The summed E-state index contributed by atoms with van der Waals surface area (Å²) >= 11 is 0. The molecule has 1 aliphatic heterocycles. The topological polar surface area (TPSA) is 78.3 Å². The molecule has 0 saturated carbocycles. The van der Waals surface area contributed by atoms with Gasteiger partial charge < -0.3 is 15.3 Å². The number of alkyl halides is 3. The molecule has 0 aliphatic carbocycles. The Hall–Kier alpha value is -2.84. The predicted octanol–water partition coefficient (Wildman–Crippen LogP) is 3.44. The van der Waals surface area contributed by atoms with E-state index in [1.165, 1.54) is 18.2 Å². The molecule has 2 N–H and O–H groups in total. The summed E-state index contributed by atoms with van der Waals surface area (Å²) < 4.78 is 39.2. The lowest BCUT2D eigenvalue weighted by atomic mass is 10.1. The second-order valence-electron chi connectivity index (χ2n) is 6.52. The van der Waals surface area contributed by atoms with Gasteiger partial charge in [-0.1, -0.05) is 12.1 Å². The van der Waals surface area contributed by atoms with Gasteiger partial charge in [-0.2, -0.15) is 13.2 Å². The summed E-state index contributed by atoms with van der Waals surface area (Å²) in [5.74, 6) is -0.683. The molecule has 6 nitrogen and oxygen atoms in total.